The van der Waals surface area contributed by atoms with Crippen LogP contribution in [0.2, 0.25) is 0 Å². The van der Waals surface area contributed by atoms with Crippen molar-refractivity contribution in [2.45, 2.75) is 23.8 Å². The van der Waals surface area contributed by atoms with Crippen molar-refractivity contribution >= 4 is 15.8 Å². The second-order valence-corrected chi connectivity index (χ2v) is 6.67. The molecule has 1 aromatic rings. The van der Waals surface area contributed by atoms with Gasteiger partial charge >= 0.3 is 0 Å². The molecule has 0 aliphatic heterocycles. The summed E-state index contributed by atoms with van der Waals surface area (Å²) in [6, 6.07) is 3.41. The number of nitrogens with zero attached hydrogens (tertiary/aromatic N) is 2. The monoisotopic (exact) mass is 284 g/mol. The fraction of sp³-hybridized carbons (Fsp3) is 0.583. The Balaban J connectivity index is 2.11. The predicted octanol–water partition coefficient (Wildman–Crippen LogP) is 0.481. The van der Waals surface area contributed by atoms with Gasteiger partial charge in [-0.2, -0.15) is 0 Å². The third kappa shape index (κ3) is 3.65. The highest BCUT2D eigenvalue weighted by atomic mass is 32.2. The van der Waals surface area contributed by atoms with Gasteiger partial charge in [0.15, 0.2) is 0 Å². The lowest BCUT2D eigenvalue weighted by Gasteiger charge is -2.25. The van der Waals surface area contributed by atoms with Gasteiger partial charge in [0.25, 0.3) is 0 Å². The number of primary sulfonamides is 1. The van der Waals surface area contributed by atoms with Crippen molar-refractivity contribution in [2.75, 3.05) is 26.0 Å². The zero-order chi connectivity index (χ0) is 14.0. The molecule has 1 saturated carbocycles. The molecule has 0 spiro atoms. The van der Waals surface area contributed by atoms with Gasteiger partial charge in [0, 0.05) is 18.8 Å². The molecule has 106 valence electrons. The van der Waals surface area contributed by atoms with Gasteiger partial charge in [-0.15, -0.1) is 0 Å². The lowest BCUT2D eigenvalue weighted by molar-refractivity contribution is 0.276. The Morgan fingerprint density at radius 1 is 1.53 bits per heavy atom. The zero-order valence-electron chi connectivity index (χ0n) is 11.2. The summed E-state index contributed by atoms with van der Waals surface area (Å²) in [5.41, 5.74) is 0. The first-order valence-electron chi connectivity index (χ1n) is 6.27. The third-order valence-electron chi connectivity index (χ3n) is 3.39. The van der Waals surface area contributed by atoms with Gasteiger partial charge in [-0.1, -0.05) is 0 Å². The van der Waals surface area contributed by atoms with Crippen LogP contribution in [0.3, 0.4) is 0 Å². The van der Waals surface area contributed by atoms with E-state index >= 15 is 0 Å². The topological polar surface area (TPSA) is 88.3 Å². The standard InChI is InChI=1S/C12H20N4O2S/c1-16(2)10(9-5-6-9)8-15-12-11(19(13,17)18)4-3-7-14-12/h3-4,7,9-10H,5-6,8H2,1-2H3,(H,14,15)(H2,13,17,18). The highest BCUT2D eigenvalue weighted by Gasteiger charge is 2.32. The number of nitrogens with one attached hydrogen (secondary N) is 1. The summed E-state index contributed by atoms with van der Waals surface area (Å²) in [5.74, 6) is 1.02. The Labute approximate surface area is 114 Å². The Morgan fingerprint density at radius 2 is 2.21 bits per heavy atom. The Morgan fingerprint density at radius 3 is 2.74 bits per heavy atom. The van der Waals surface area contributed by atoms with Crippen molar-refractivity contribution in [3.05, 3.63) is 18.3 Å². The summed E-state index contributed by atoms with van der Waals surface area (Å²) in [5, 5.41) is 8.29. The van der Waals surface area contributed by atoms with Gasteiger partial charge in [-0.3, -0.25) is 0 Å². The molecule has 3 N–H and O–H groups in total. The summed E-state index contributed by atoms with van der Waals surface area (Å²) in [7, 11) is 0.318. The van der Waals surface area contributed by atoms with Crippen LogP contribution in [-0.4, -0.2) is 45.0 Å². The fourth-order valence-electron chi connectivity index (χ4n) is 2.21. The molecule has 1 atom stereocenters. The van der Waals surface area contributed by atoms with E-state index in [2.05, 4.69) is 15.2 Å². The molecule has 2 rings (SSSR count). The van der Waals surface area contributed by atoms with Crippen LogP contribution in [0.25, 0.3) is 0 Å². The minimum Gasteiger partial charge on any atom is -0.367 e. The van der Waals surface area contributed by atoms with E-state index in [4.69, 9.17) is 5.14 Å². The second kappa shape index (κ2) is 5.44. The van der Waals surface area contributed by atoms with E-state index in [9.17, 15) is 8.42 Å². The van der Waals surface area contributed by atoms with Crippen molar-refractivity contribution in [3.63, 3.8) is 0 Å². The average Bonchev–Trinajstić information content (AvgIpc) is 3.12. The summed E-state index contributed by atoms with van der Waals surface area (Å²) in [6.07, 6.45) is 4.02. The molecule has 1 heterocycles. The summed E-state index contributed by atoms with van der Waals surface area (Å²) in [4.78, 5) is 6.27. The quantitative estimate of drug-likeness (QED) is 0.793. The van der Waals surface area contributed by atoms with Crippen molar-refractivity contribution in [3.8, 4) is 0 Å². The molecule has 0 aromatic carbocycles. The Bertz CT molecular complexity index is 538. The van der Waals surface area contributed by atoms with Gasteiger partial charge in [0.1, 0.15) is 10.7 Å². The summed E-state index contributed by atoms with van der Waals surface area (Å²) in [6.45, 7) is 0.664. The maximum Gasteiger partial charge on any atom is 0.241 e. The SMILES string of the molecule is CN(C)C(CNc1ncccc1S(N)(=O)=O)C1CC1. The molecular weight excluding hydrogens is 264 g/mol. The molecule has 0 amide bonds. The molecule has 1 aliphatic carbocycles. The molecule has 1 aromatic heterocycles. The number of nitrogens with two attached hydrogens (primary N) is 1. The van der Waals surface area contributed by atoms with Crippen LogP contribution in [0.4, 0.5) is 5.82 Å². The highest BCUT2D eigenvalue weighted by molar-refractivity contribution is 7.89. The molecule has 1 aliphatic rings. The minimum atomic E-state index is -3.74. The highest BCUT2D eigenvalue weighted by Crippen LogP contribution is 2.34. The first kappa shape index (κ1) is 14.2. The number of aromatic nitrogens is 1. The van der Waals surface area contributed by atoms with Gasteiger partial charge in [-0.05, 0) is 45.0 Å². The first-order valence-corrected chi connectivity index (χ1v) is 7.82. The van der Waals surface area contributed by atoms with Crippen LogP contribution >= 0.6 is 0 Å². The van der Waals surface area contributed by atoms with Crippen LogP contribution in [0.5, 0.6) is 0 Å². The van der Waals surface area contributed by atoms with E-state index in [1.165, 1.54) is 18.9 Å². The van der Waals surface area contributed by atoms with Crippen LogP contribution in [-0.2, 0) is 10.0 Å². The molecule has 0 saturated heterocycles. The third-order valence-corrected chi connectivity index (χ3v) is 4.33. The minimum absolute atomic E-state index is 0.0447. The van der Waals surface area contributed by atoms with E-state index < -0.39 is 10.0 Å². The molecular formula is C12H20N4O2S. The second-order valence-electron chi connectivity index (χ2n) is 5.14. The van der Waals surface area contributed by atoms with Crippen molar-refractivity contribution in [2.24, 2.45) is 11.1 Å². The molecule has 1 unspecified atom stereocenters. The largest absolute Gasteiger partial charge is 0.367 e. The van der Waals surface area contributed by atoms with Gasteiger partial charge in [0.05, 0.1) is 0 Å². The lowest BCUT2D eigenvalue weighted by atomic mass is 10.1. The van der Waals surface area contributed by atoms with Crippen LogP contribution in [0.1, 0.15) is 12.8 Å². The van der Waals surface area contributed by atoms with E-state index in [1.807, 2.05) is 14.1 Å². The van der Waals surface area contributed by atoms with Crippen molar-refractivity contribution in [1.29, 1.82) is 0 Å². The predicted molar refractivity (Wildman–Crippen MR) is 74.3 cm³/mol. The van der Waals surface area contributed by atoms with Crippen molar-refractivity contribution < 1.29 is 8.42 Å². The maximum absolute atomic E-state index is 11.5. The summed E-state index contributed by atoms with van der Waals surface area (Å²) < 4.78 is 22.9. The smallest absolute Gasteiger partial charge is 0.241 e. The Hall–Kier alpha value is -1.18. The molecule has 6 nitrogen and oxygen atoms in total. The van der Waals surface area contributed by atoms with Gasteiger partial charge in [-0.25, -0.2) is 18.5 Å². The van der Waals surface area contributed by atoms with Gasteiger partial charge < -0.3 is 10.2 Å². The molecule has 0 radical (unpaired) electrons. The number of pyridine rings is 1. The number of rotatable bonds is 6. The van der Waals surface area contributed by atoms with E-state index in [0.717, 1.165) is 0 Å². The van der Waals surface area contributed by atoms with Crippen LogP contribution < -0.4 is 10.5 Å². The molecule has 0 bridgehead atoms. The number of anilines is 1. The molecule has 19 heavy (non-hydrogen) atoms. The number of hydrogen-bond acceptors (Lipinski definition) is 5. The van der Waals surface area contributed by atoms with Crippen LogP contribution in [0.15, 0.2) is 23.2 Å². The van der Waals surface area contributed by atoms with E-state index in [-0.39, 0.29) is 4.90 Å². The first-order chi connectivity index (χ1) is 8.89. The van der Waals surface area contributed by atoms with Crippen LogP contribution in [0, 0.1) is 5.92 Å². The average molecular weight is 284 g/mol. The van der Waals surface area contributed by atoms with Crippen molar-refractivity contribution in [1.82, 2.24) is 9.88 Å². The Kier molecular flexibility index (Phi) is 4.07. The molecule has 1 fully saturated rings. The zero-order valence-corrected chi connectivity index (χ0v) is 12.0. The number of sulfonamides is 1. The molecule has 7 heteroatoms. The summed E-state index contributed by atoms with van der Waals surface area (Å²) >= 11 is 0. The van der Waals surface area contributed by atoms with E-state index in [0.29, 0.717) is 24.3 Å². The van der Waals surface area contributed by atoms with Gasteiger partial charge in [0.2, 0.25) is 10.0 Å². The lowest BCUT2D eigenvalue weighted by Crippen LogP contribution is -2.36. The maximum atomic E-state index is 11.5. The fourth-order valence-corrected chi connectivity index (χ4v) is 2.87. The number of likely N-dealkylation sites (N-methyl/N-ethyl adjacent to an activating group) is 1. The normalized spacial score (nSPS) is 17.5. The van der Waals surface area contributed by atoms with E-state index in [1.54, 1.807) is 12.3 Å². The number of hydrogen-bond donors (Lipinski definition) is 2.